The van der Waals surface area contributed by atoms with Crippen molar-refractivity contribution in [3.63, 3.8) is 0 Å². The predicted molar refractivity (Wildman–Crippen MR) is 70.6 cm³/mol. The van der Waals surface area contributed by atoms with Gasteiger partial charge in [0.25, 0.3) is 0 Å². The van der Waals surface area contributed by atoms with Gasteiger partial charge in [-0.2, -0.15) is 0 Å². The fourth-order valence-corrected chi connectivity index (χ4v) is 1.90. The highest BCUT2D eigenvalue weighted by atomic mass is 79.9. The summed E-state index contributed by atoms with van der Waals surface area (Å²) >= 11 is 3.24. The van der Waals surface area contributed by atoms with Crippen LogP contribution >= 0.6 is 15.9 Å². The zero-order chi connectivity index (χ0) is 14.0. The highest BCUT2D eigenvalue weighted by Gasteiger charge is 2.12. The lowest BCUT2D eigenvalue weighted by molar-refractivity contribution is 0.101. The third-order valence-electron chi connectivity index (χ3n) is 2.43. The molecule has 2 rings (SSSR count). The van der Waals surface area contributed by atoms with E-state index in [4.69, 9.17) is 4.74 Å². The van der Waals surface area contributed by atoms with Crippen molar-refractivity contribution in [3.05, 3.63) is 58.1 Å². The summed E-state index contributed by atoms with van der Waals surface area (Å²) in [5, 5.41) is 0. The van der Waals surface area contributed by atoms with E-state index in [-0.39, 0.29) is 17.3 Å². The molecule has 0 saturated heterocycles. The first-order valence-corrected chi connectivity index (χ1v) is 6.20. The summed E-state index contributed by atoms with van der Waals surface area (Å²) in [6.07, 6.45) is 0. The Morgan fingerprint density at radius 2 is 1.79 bits per heavy atom. The monoisotopic (exact) mass is 326 g/mol. The molecule has 19 heavy (non-hydrogen) atoms. The van der Waals surface area contributed by atoms with Crippen molar-refractivity contribution < 1.29 is 18.3 Å². The summed E-state index contributed by atoms with van der Waals surface area (Å²) in [5.74, 6) is -1.63. The summed E-state index contributed by atoms with van der Waals surface area (Å²) in [4.78, 5) is 11.5. The predicted octanol–water partition coefficient (Wildman–Crippen LogP) is 4.72. The Kier molecular flexibility index (Phi) is 3.95. The minimum Gasteiger partial charge on any atom is -0.454 e. The quantitative estimate of drug-likeness (QED) is 0.763. The van der Waals surface area contributed by atoms with E-state index in [0.717, 1.165) is 12.1 Å². The fourth-order valence-electron chi connectivity index (χ4n) is 1.54. The zero-order valence-corrected chi connectivity index (χ0v) is 11.5. The van der Waals surface area contributed by atoms with E-state index in [1.54, 1.807) is 18.2 Å². The summed E-state index contributed by atoms with van der Waals surface area (Å²) in [6, 6.07) is 7.79. The lowest BCUT2D eigenvalue weighted by atomic mass is 10.1. The normalized spacial score (nSPS) is 10.3. The molecule has 0 radical (unpaired) electrons. The van der Waals surface area contributed by atoms with Gasteiger partial charge in [0.15, 0.2) is 17.3 Å². The van der Waals surface area contributed by atoms with Gasteiger partial charge in [0.1, 0.15) is 11.6 Å². The maximum absolute atomic E-state index is 13.5. The molecule has 0 bridgehead atoms. The van der Waals surface area contributed by atoms with Crippen molar-refractivity contribution >= 4 is 21.7 Å². The van der Waals surface area contributed by atoms with Crippen LogP contribution in [0.1, 0.15) is 17.3 Å². The number of hydrogen-bond donors (Lipinski definition) is 0. The molecule has 0 aliphatic carbocycles. The molecule has 0 aromatic heterocycles. The van der Waals surface area contributed by atoms with Crippen molar-refractivity contribution in [3.8, 4) is 11.5 Å². The van der Waals surface area contributed by atoms with E-state index in [0.29, 0.717) is 10.0 Å². The first kappa shape index (κ1) is 13.7. The molecule has 0 aliphatic heterocycles. The van der Waals surface area contributed by atoms with Gasteiger partial charge in [-0.05, 0) is 37.3 Å². The van der Waals surface area contributed by atoms with Gasteiger partial charge in [0, 0.05) is 10.5 Å². The lowest BCUT2D eigenvalue weighted by Crippen LogP contribution is -1.98. The molecule has 0 atom stereocenters. The third kappa shape index (κ3) is 3.17. The Labute approximate surface area is 117 Å². The van der Waals surface area contributed by atoms with E-state index in [1.807, 2.05) is 0 Å². The minimum atomic E-state index is -0.822. The van der Waals surface area contributed by atoms with Crippen molar-refractivity contribution in [2.75, 3.05) is 0 Å². The molecule has 0 unspecified atom stereocenters. The van der Waals surface area contributed by atoms with Crippen LogP contribution in [0.5, 0.6) is 11.5 Å². The molecule has 0 amide bonds. The first-order valence-electron chi connectivity index (χ1n) is 5.41. The number of benzene rings is 2. The second-order valence-corrected chi connectivity index (χ2v) is 4.79. The second kappa shape index (κ2) is 5.48. The average molecular weight is 327 g/mol. The number of ether oxygens (including phenoxy) is 1. The largest absolute Gasteiger partial charge is 0.454 e. The number of halogens is 3. The van der Waals surface area contributed by atoms with Crippen LogP contribution in [-0.4, -0.2) is 5.78 Å². The van der Waals surface area contributed by atoms with Crippen LogP contribution in [0.3, 0.4) is 0 Å². The molecule has 5 heteroatoms. The highest BCUT2D eigenvalue weighted by molar-refractivity contribution is 9.10. The standard InChI is InChI=1S/C14H9BrF2O2/c1-8(18)11-6-9(15)2-4-13(11)19-14-5-3-10(16)7-12(14)17/h2-7H,1H3. The molecule has 2 aromatic carbocycles. The number of ketones is 1. The SMILES string of the molecule is CC(=O)c1cc(Br)ccc1Oc1ccc(F)cc1F. The third-order valence-corrected chi connectivity index (χ3v) is 2.93. The van der Waals surface area contributed by atoms with Crippen molar-refractivity contribution in [2.24, 2.45) is 0 Å². The molecule has 2 aromatic rings. The molecule has 0 aliphatic rings. The van der Waals surface area contributed by atoms with Gasteiger partial charge in [0.05, 0.1) is 5.56 Å². The van der Waals surface area contributed by atoms with E-state index in [9.17, 15) is 13.6 Å². The topological polar surface area (TPSA) is 26.3 Å². The van der Waals surface area contributed by atoms with Crippen LogP contribution in [0.4, 0.5) is 8.78 Å². The molecule has 0 fully saturated rings. The molecule has 2 nitrogen and oxygen atoms in total. The lowest BCUT2D eigenvalue weighted by Gasteiger charge is -2.10. The molecule has 0 N–H and O–H groups in total. The number of carbonyl (C=O) groups is 1. The average Bonchev–Trinajstić information content (AvgIpc) is 2.34. The highest BCUT2D eigenvalue weighted by Crippen LogP contribution is 2.30. The van der Waals surface area contributed by atoms with Gasteiger partial charge in [-0.3, -0.25) is 4.79 Å². The molecule has 0 saturated carbocycles. The number of Topliss-reactive ketones (excluding diaryl/α,β-unsaturated/α-hetero) is 1. The molecule has 0 heterocycles. The van der Waals surface area contributed by atoms with Crippen LogP contribution in [0.25, 0.3) is 0 Å². The van der Waals surface area contributed by atoms with Crippen molar-refractivity contribution in [2.45, 2.75) is 6.92 Å². The Balaban J connectivity index is 2.40. The Morgan fingerprint density at radius 3 is 2.42 bits per heavy atom. The smallest absolute Gasteiger partial charge is 0.168 e. The van der Waals surface area contributed by atoms with Crippen LogP contribution < -0.4 is 4.74 Å². The van der Waals surface area contributed by atoms with Gasteiger partial charge in [-0.15, -0.1) is 0 Å². The van der Waals surface area contributed by atoms with Crippen molar-refractivity contribution in [1.29, 1.82) is 0 Å². The van der Waals surface area contributed by atoms with Gasteiger partial charge in [-0.25, -0.2) is 8.78 Å². The second-order valence-electron chi connectivity index (χ2n) is 3.87. The molecule has 0 spiro atoms. The van der Waals surface area contributed by atoms with Gasteiger partial charge in [0.2, 0.25) is 0 Å². The molecule has 98 valence electrons. The fraction of sp³-hybridized carbons (Fsp3) is 0.0714. The Bertz CT molecular complexity index is 641. The number of carbonyl (C=O) groups excluding carboxylic acids is 1. The molecular weight excluding hydrogens is 318 g/mol. The maximum Gasteiger partial charge on any atom is 0.168 e. The van der Waals surface area contributed by atoms with E-state index in [2.05, 4.69) is 15.9 Å². The van der Waals surface area contributed by atoms with E-state index >= 15 is 0 Å². The van der Waals surface area contributed by atoms with Crippen LogP contribution in [0.2, 0.25) is 0 Å². The van der Waals surface area contributed by atoms with E-state index < -0.39 is 11.6 Å². The van der Waals surface area contributed by atoms with Crippen molar-refractivity contribution in [1.82, 2.24) is 0 Å². The van der Waals surface area contributed by atoms with Crippen LogP contribution in [0.15, 0.2) is 40.9 Å². The summed E-state index contributed by atoms with van der Waals surface area (Å²) in [5.41, 5.74) is 0.318. The minimum absolute atomic E-state index is 0.133. The van der Waals surface area contributed by atoms with Gasteiger partial charge in [-0.1, -0.05) is 15.9 Å². The van der Waals surface area contributed by atoms with E-state index in [1.165, 1.54) is 13.0 Å². The summed E-state index contributed by atoms with van der Waals surface area (Å²) < 4.78 is 32.3. The van der Waals surface area contributed by atoms with Gasteiger partial charge >= 0.3 is 0 Å². The number of rotatable bonds is 3. The maximum atomic E-state index is 13.5. The van der Waals surface area contributed by atoms with Gasteiger partial charge < -0.3 is 4.74 Å². The Hall–Kier alpha value is -1.75. The van der Waals surface area contributed by atoms with Crippen LogP contribution in [0, 0.1) is 11.6 Å². The summed E-state index contributed by atoms with van der Waals surface area (Å²) in [6.45, 7) is 1.38. The zero-order valence-electron chi connectivity index (χ0n) is 9.91. The first-order chi connectivity index (χ1) is 8.97. The van der Waals surface area contributed by atoms with Crippen LogP contribution in [-0.2, 0) is 0 Å². The molecular formula is C14H9BrF2O2. The Morgan fingerprint density at radius 1 is 1.11 bits per heavy atom. The number of hydrogen-bond acceptors (Lipinski definition) is 2. The summed E-state index contributed by atoms with van der Waals surface area (Å²) in [7, 11) is 0.